The third-order valence-electron chi connectivity index (χ3n) is 1.87. The minimum absolute atomic E-state index is 0.206. The molecule has 0 aliphatic rings. The molecule has 2 rings (SSSR count). The Hall–Kier alpha value is -1.78. The van der Waals surface area contributed by atoms with E-state index >= 15 is 0 Å². The Kier molecular flexibility index (Phi) is 2.22. The number of alkyl halides is 3. The van der Waals surface area contributed by atoms with E-state index in [0.29, 0.717) is 10.8 Å². The monoisotopic (exact) mass is 213 g/mol. The third-order valence-corrected chi connectivity index (χ3v) is 1.87. The molecule has 0 saturated carbocycles. The molecule has 0 saturated heterocycles. The van der Waals surface area contributed by atoms with Gasteiger partial charge < -0.3 is 4.74 Å². The molecule has 1 heterocycles. The predicted molar refractivity (Wildman–Crippen MR) is 48.4 cm³/mol. The summed E-state index contributed by atoms with van der Waals surface area (Å²) >= 11 is 0. The fourth-order valence-corrected chi connectivity index (χ4v) is 1.31. The Morgan fingerprint density at radius 1 is 1.13 bits per heavy atom. The topological polar surface area (TPSA) is 22.1 Å². The second-order valence-electron chi connectivity index (χ2n) is 2.90. The van der Waals surface area contributed by atoms with Crippen molar-refractivity contribution in [1.82, 2.24) is 4.98 Å². The van der Waals surface area contributed by atoms with Gasteiger partial charge in [0.05, 0.1) is 0 Å². The van der Waals surface area contributed by atoms with Crippen molar-refractivity contribution in [3.8, 4) is 5.75 Å². The number of ether oxygens (including phenoxy) is 1. The number of fused-ring (bicyclic) bond motifs is 1. The minimum atomic E-state index is -4.67. The van der Waals surface area contributed by atoms with Crippen molar-refractivity contribution in [2.24, 2.45) is 0 Å². The molecule has 0 amide bonds. The molecule has 0 fully saturated rings. The van der Waals surface area contributed by atoms with Gasteiger partial charge >= 0.3 is 6.36 Å². The van der Waals surface area contributed by atoms with E-state index in [1.807, 2.05) is 0 Å². The molecule has 0 bridgehead atoms. The van der Waals surface area contributed by atoms with E-state index in [2.05, 4.69) is 9.72 Å². The standard InChI is InChI=1S/C10H6F3NO/c11-10(12,13)15-9-3-1-2-7-6-14-5-4-8(7)9/h1-6H. The zero-order chi connectivity index (χ0) is 10.9. The number of halogens is 3. The number of hydrogen-bond donors (Lipinski definition) is 0. The molecule has 0 atom stereocenters. The quantitative estimate of drug-likeness (QED) is 0.726. The van der Waals surface area contributed by atoms with Crippen LogP contribution in [0, 0.1) is 0 Å². The third kappa shape index (κ3) is 2.18. The highest BCUT2D eigenvalue weighted by Crippen LogP contribution is 2.29. The van der Waals surface area contributed by atoms with Crippen LogP contribution in [0.2, 0.25) is 0 Å². The second-order valence-corrected chi connectivity index (χ2v) is 2.90. The molecule has 2 aromatic rings. The van der Waals surface area contributed by atoms with Crippen LogP contribution in [0.3, 0.4) is 0 Å². The molecule has 0 spiro atoms. The summed E-state index contributed by atoms with van der Waals surface area (Å²) in [6.07, 6.45) is -1.76. The first kappa shape index (κ1) is 9.76. The Morgan fingerprint density at radius 3 is 2.67 bits per heavy atom. The summed E-state index contributed by atoms with van der Waals surface area (Å²) in [5.74, 6) is -0.206. The predicted octanol–water partition coefficient (Wildman–Crippen LogP) is 3.13. The van der Waals surface area contributed by atoms with Crippen LogP contribution in [0.5, 0.6) is 5.75 Å². The van der Waals surface area contributed by atoms with Crippen LogP contribution in [0.4, 0.5) is 13.2 Å². The lowest BCUT2D eigenvalue weighted by atomic mass is 10.1. The zero-order valence-electron chi connectivity index (χ0n) is 7.45. The van der Waals surface area contributed by atoms with Gasteiger partial charge in [-0.1, -0.05) is 12.1 Å². The van der Waals surface area contributed by atoms with E-state index in [4.69, 9.17) is 0 Å². The second kappa shape index (κ2) is 3.42. The van der Waals surface area contributed by atoms with E-state index in [-0.39, 0.29) is 5.75 Å². The first-order valence-electron chi connectivity index (χ1n) is 4.15. The van der Waals surface area contributed by atoms with Gasteiger partial charge in [0.15, 0.2) is 0 Å². The zero-order valence-corrected chi connectivity index (χ0v) is 7.45. The van der Waals surface area contributed by atoms with Gasteiger partial charge in [-0.15, -0.1) is 13.2 Å². The summed E-state index contributed by atoms with van der Waals surface area (Å²) in [4.78, 5) is 3.81. The van der Waals surface area contributed by atoms with Crippen molar-refractivity contribution in [3.05, 3.63) is 36.7 Å². The summed E-state index contributed by atoms with van der Waals surface area (Å²) in [7, 11) is 0. The molecule has 15 heavy (non-hydrogen) atoms. The first-order chi connectivity index (χ1) is 7.06. The van der Waals surface area contributed by atoms with Crippen LogP contribution in [0.25, 0.3) is 10.8 Å². The molecule has 0 N–H and O–H groups in total. The van der Waals surface area contributed by atoms with Crippen molar-refractivity contribution < 1.29 is 17.9 Å². The highest BCUT2D eigenvalue weighted by Gasteiger charge is 2.31. The van der Waals surface area contributed by atoms with Gasteiger partial charge in [-0.05, 0) is 12.1 Å². The van der Waals surface area contributed by atoms with Crippen molar-refractivity contribution in [1.29, 1.82) is 0 Å². The normalized spacial score (nSPS) is 11.7. The lowest BCUT2D eigenvalue weighted by Gasteiger charge is -2.10. The van der Waals surface area contributed by atoms with Crippen LogP contribution in [0.15, 0.2) is 36.7 Å². The van der Waals surface area contributed by atoms with Crippen LogP contribution >= 0.6 is 0 Å². The molecule has 5 heteroatoms. The van der Waals surface area contributed by atoms with Gasteiger partial charge in [-0.25, -0.2) is 0 Å². The van der Waals surface area contributed by atoms with E-state index in [1.165, 1.54) is 30.6 Å². The van der Waals surface area contributed by atoms with E-state index in [9.17, 15) is 13.2 Å². The number of aromatic nitrogens is 1. The fraction of sp³-hybridized carbons (Fsp3) is 0.100. The Bertz CT molecular complexity index is 476. The molecular weight excluding hydrogens is 207 g/mol. The van der Waals surface area contributed by atoms with Gasteiger partial charge in [-0.2, -0.15) is 0 Å². The molecule has 1 aromatic carbocycles. The van der Waals surface area contributed by atoms with Gasteiger partial charge in [0.1, 0.15) is 5.75 Å². The summed E-state index contributed by atoms with van der Waals surface area (Å²) in [6.45, 7) is 0. The largest absolute Gasteiger partial charge is 0.573 e. The van der Waals surface area contributed by atoms with E-state index in [0.717, 1.165) is 0 Å². The van der Waals surface area contributed by atoms with Crippen molar-refractivity contribution >= 4 is 10.8 Å². The Morgan fingerprint density at radius 2 is 1.93 bits per heavy atom. The van der Waals surface area contributed by atoms with Crippen molar-refractivity contribution in [2.45, 2.75) is 6.36 Å². The van der Waals surface area contributed by atoms with Gasteiger partial charge in [0.2, 0.25) is 0 Å². The molecular formula is C10H6F3NO. The molecule has 1 aromatic heterocycles. The number of pyridine rings is 1. The first-order valence-corrected chi connectivity index (χ1v) is 4.15. The number of hydrogen-bond acceptors (Lipinski definition) is 2. The van der Waals surface area contributed by atoms with Gasteiger partial charge in [0, 0.05) is 23.2 Å². The van der Waals surface area contributed by atoms with E-state index < -0.39 is 6.36 Å². The lowest BCUT2D eigenvalue weighted by molar-refractivity contribution is -0.274. The average molecular weight is 213 g/mol. The highest BCUT2D eigenvalue weighted by molar-refractivity contribution is 5.87. The number of nitrogens with zero attached hydrogens (tertiary/aromatic N) is 1. The van der Waals surface area contributed by atoms with Crippen LogP contribution in [-0.2, 0) is 0 Å². The lowest BCUT2D eigenvalue weighted by Crippen LogP contribution is -2.17. The average Bonchev–Trinajstić information content (AvgIpc) is 2.16. The van der Waals surface area contributed by atoms with Crippen LogP contribution in [0.1, 0.15) is 0 Å². The molecule has 0 aliphatic carbocycles. The number of benzene rings is 1. The fourth-order valence-electron chi connectivity index (χ4n) is 1.31. The SMILES string of the molecule is FC(F)(F)Oc1cccc2cnccc12. The van der Waals surface area contributed by atoms with Gasteiger partial charge in [-0.3, -0.25) is 4.98 Å². The van der Waals surface area contributed by atoms with Gasteiger partial charge in [0.25, 0.3) is 0 Å². The van der Waals surface area contributed by atoms with E-state index in [1.54, 1.807) is 6.07 Å². The maximum absolute atomic E-state index is 12.0. The maximum atomic E-state index is 12.0. The summed E-state index contributed by atoms with van der Waals surface area (Å²) in [5, 5.41) is 1.00. The molecule has 78 valence electrons. The molecule has 0 aliphatic heterocycles. The summed E-state index contributed by atoms with van der Waals surface area (Å²) < 4.78 is 40.0. The van der Waals surface area contributed by atoms with Crippen LogP contribution < -0.4 is 4.74 Å². The minimum Gasteiger partial charge on any atom is -0.405 e. The molecule has 2 nitrogen and oxygen atoms in total. The van der Waals surface area contributed by atoms with Crippen molar-refractivity contribution in [3.63, 3.8) is 0 Å². The molecule has 0 radical (unpaired) electrons. The summed E-state index contributed by atoms with van der Waals surface area (Å²) in [5.41, 5.74) is 0. The molecule has 0 unspecified atom stereocenters. The Balaban J connectivity index is 2.52. The van der Waals surface area contributed by atoms with Crippen molar-refractivity contribution in [2.75, 3.05) is 0 Å². The number of rotatable bonds is 1. The maximum Gasteiger partial charge on any atom is 0.573 e. The highest BCUT2D eigenvalue weighted by atomic mass is 19.4. The smallest absolute Gasteiger partial charge is 0.405 e. The Labute approximate surface area is 83.3 Å². The summed E-state index contributed by atoms with van der Waals surface area (Å²) in [6, 6.07) is 5.92. The van der Waals surface area contributed by atoms with Crippen LogP contribution in [-0.4, -0.2) is 11.3 Å².